The van der Waals surface area contributed by atoms with Gasteiger partial charge in [0.2, 0.25) is 5.69 Å². The number of fused-ring (bicyclic) bond motifs is 6. The van der Waals surface area contributed by atoms with Crippen LogP contribution in [0.1, 0.15) is 52.7 Å². The lowest BCUT2D eigenvalue weighted by Gasteiger charge is -2.22. The summed E-state index contributed by atoms with van der Waals surface area (Å²) < 4.78 is 35.8. The summed E-state index contributed by atoms with van der Waals surface area (Å²) in [5.41, 5.74) is 7.39. The maximum Gasteiger partial charge on any atom is 0.234 e. The Bertz CT molecular complexity index is 2690. The summed E-state index contributed by atoms with van der Waals surface area (Å²) in [6.45, 7) is 21.9. The minimum Gasteiger partial charge on any atom is -0.319 e. The zero-order valence-corrected chi connectivity index (χ0v) is 29.1. The molecule has 0 spiro atoms. The van der Waals surface area contributed by atoms with Crippen LogP contribution in [0.3, 0.4) is 0 Å². The summed E-state index contributed by atoms with van der Waals surface area (Å²) in [7, 11) is 0. The van der Waals surface area contributed by atoms with Crippen LogP contribution in [0.15, 0.2) is 115 Å². The van der Waals surface area contributed by atoms with Gasteiger partial charge in [0.05, 0.1) is 45.6 Å². The lowest BCUT2D eigenvalue weighted by atomic mass is 9.86. The molecule has 0 aliphatic rings. The van der Waals surface area contributed by atoms with E-state index in [1.807, 2.05) is 41.0 Å². The van der Waals surface area contributed by atoms with Gasteiger partial charge < -0.3 is 9.13 Å². The van der Waals surface area contributed by atoms with E-state index in [0.29, 0.717) is 22.6 Å². The molecule has 50 heavy (non-hydrogen) atoms. The van der Waals surface area contributed by atoms with E-state index in [9.17, 15) is 0 Å². The zero-order chi connectivity index (χ0) is 35.1. The second kappa shape index (κ2) is 11.1. The number of halogens is 2. The quantitative estimate of drug-likeness (QED) is 0.168. The highest BCUT2D eigenvalue weighted by atomic mass is 19.1. The Labute approximate surface area is 290 Å². The molecule has 8 rings (SSSR count). The fourth-order valence-corrected chi connectivity index (χ4v) is 7.42. The van der Waals surface area contributed by atoms with Gasteiger partial charge in [0.1, 0.15) is 11.6 Å². The van der Waals surface area contributed by atoms with Gasteiger partial charge in [-0.25, -0.2) is 13.6 Å². The van der Waals surface area contributed by atoms with Gasteiger partial charge in [-0.15, -0.1) is 0 Å². The van der Waals surface area contributed by atoms with Crippen molar-refractivity contribution in [1.29, 1.82) is 0 Å². The number of para-hydroxylation sites is 2. The molecule has 2 aromatic heterocycles. The van der Waals surface area contributed by atoms with Gasteiger partial charge in [0.25, 0.3) is 0 Å². The van der Waals surface area contributed by atoms with E-state index < -0.39 is 11.6 Å². The van der Waals surface area contributed by atoms with Crippen LogP contribution in [0, 0.1) is 18.2 Å². The normalized spacial score (nSPS) is 12.4. The highest BCUT2D eigenvalue weighted by Crippen LogP contribution is 2.47. The molecule has 246 valence electrons. The molecule has 0 aliphatic carbocycles. The molecule has 2 heterocycles. The summed E-state index contributed by atoms with van der Waals surface area (Å²) in [5, 5.41) is 4.17. The Morgan fingerprint density at radius 3 is 1.52 bits per heavy atom. The van der Waals surface area contributed by atoms with Crippen molar-refractivity contribution in [1.82, 2.24) is 9.13 Å². The Morgan fingerprint density at radius 2 is 1.00 bits per heavy atom. The topological polar surface area (TPSA) is 14.2 Å². The third kappa shape index (κ3) is 4.74. The van der Waals surface area contributed by atoms with Crippen molar-refractivity contribution in [3.63, 3.8) is 0 Å². The zero-order valence-electron chi connectivity index (χ0n) is 29.1. The third-order valence-corrected chi connectivity index (χ3v) is 10.0. The average molecular weight is 658 g/mol. The predicted octanol–water partition coefficient (Wildman–Crippen LogP) is 13.0. The lowest BCUT2D eigenvalue weighted by molar-refractivity contribution is 0.589. The molecule has 0 unspecified atom stereocenters. The van der Waals surface area contributed by atoms with Gasteiger partial charge in [-0.2, -0.15) is 0 Å². The Morgan fingerprint density at radius 1 is 0.520 bits per heavy atom. The Hall–Kier alpha value is -5.73. The van der Waals surface area contributed by atoms with Crippen LogP contribution in [0.25, 0.3) is 71.0 Å². The highest BCUT2D eigenvalue weighted by molar-refractivity contribution is 6.13. The lowest BCUT2D eigenvalue weighted by Crippen LogP contribution is -2.10. The van der Waals surface area contributed by atoms with Crippen molar-refractivity contribution >= 4 is 49.3 Å². The molecular formula is C45H37F2N3. The van der Waals surface area contributed by atoms with E-state index in [0.717, 1.165) is 43.6 Å². The second-order valence-electron chi connectivity index (χ2n) is 15.2. The number of hydrogen-bond acceptors (Lipinski definition) is 0. The van der Waals surface area contributed by atoms with Crippen molar-refractivity contribution in [2.24, 2.45) is 0 Å². The summed E-state index contributed by atoms with van der Waals surface area (Å²) in [6, 6.07) is 36.7. The first-order valence-corrected chi connectivity index (χ1v) is 17.0. The van der Waals surface area contributed by atoms with E-state index in [1.165, 1.54) is 29.3 Å². The van der Waals surface area contributed by atoms with E-state index in [4.69, 9.17) is 6.57 Å². The number of benzene rings is 6. The monoisotopic (exact) mass is 657 g/mol. The fraction of sp³-hybridized carbons (Fsp3) is 0.178. The van der Waals surface area contributed by atoms with Crippen LogP contribution < -0.4 is 0 Å². The van der Waals surface area contributed by atoms with Crippen LogP contribution in [-0.2, 0) is 10.8 Å². The molecule has 0 saturated heterocycles. The third-order valence-electron chi connectivity index (χ3n) is 10.0. The molecular weight excluding hydrogens is 621 g/mol. The molecule has 0 saturated carbocycles. The first-order valence-electron chi connectivity index (χ1n) is 17.0. The standard InChI is InChI=1S/C45H37F2N3/c1-44(2,3)27-19-22-38-32(25-27)29-13-8-10-17-36(29)49(38)40-24-21-31(41-34(46)15-12-16-35(41)47)43(42(40)48-7)50-37-18-11-9-14-30(37)33-26-28(45(4,5)6)20-23-39(33)50/h8-26H,1-6H3. The SMILES string of the molecule is [C-]#[N+]c1c(-n2c3ccccc3c3cc(C(C)(C)C)ccc32)ccc(-c2c(F)cccc2F)c1-n1c2ccccc2c2cc(C(C)(C)C)ccc21. The number of nitrogens with zero attached hydrogens (tertiary/aromatic N) is 3. The van der Waals surface area contributed by atoms with Gasteiger partial charge in [-0.1, -0.05) is 102 Å². The molecule has 0 N–H and O–H groups in total. The van der Waals surface area contributed by atoms with Gasteiger partial charge in [-0.3, -0.25) is 0 Å². The minimum atomic E-state index is -0.683. The van der Waals surface area contributed by atoms with Gasteiger partial charge in [0, 0.05) is 27.1 Å². The largest absolute Gasteiger partial charge is 0.319 e. The smallest absolute Gasteiger partial charge is 0.234 e. The summed E-state index contributed by atoms with van der Waals surface area (Å²) in [5.74, 6) is -1.37. The molecule has 3 nitrogen and oxygen atoms in total. The van der Waals surface area contributed by atoms with Crippen LogP contribution in [0.4, 0.5) is 14.5 Å². The Kier molecular flexibility index (Phi) is 7.03. The first kappa shape index (κ1) is 31.5. The molecule has 0 fully saturated rings. The minimum absolute atomic E-state index is 0.0545. The van der Waals surface area contributed by atoms with E-state index in [-0.39, 0.29) is 16.4 Å². The second-order valence-corrected chi connectivity index (χ2v) is 15.2. The summed E-state index contributed by atoms with van der Waals surface area (Å²) in [6.07, 6.45) is 0. The van der Waals surface area contributed by atoms with Gasteiger partial charge >= 0.3 is 0 Å². The molecule has 0 aliphatic heterocycles. The molecule has 0 bridgehead atoms. The van der Waals surface area contributed by atoms with Crippen LogP contribution in [0.2, 0.25) is 0 Å². The maximum atomic E-state index is 15.8. The van der Waals surface area contributed by atoms with Crippen molar-refractivity contribution < 1.29 is 8.78 Å². The number of rotatable bonds is 3. The Balaban J connectivity index is 1.55. The van der Waals surface area contributed by atoms with E-state index in [2.05, 4.69) is 106 Å². The van der Waals surface area contributed by atoms with Gasteiger partial charge in [0.15, 0.2) is 0 Å². The van der Waals surface area contributed by atoms with E-state index >= 15 is 8.78 Å². The highest BCUT2D eigenvalue weighted by Gasteiger charge is 2.27. The number of hydrogen-bond donors (Lipinski definition) is 0. The van der Waals surface area contributed by atoms with E-state index in [1.54, 1.807) is 6.07 Å². The molecule has 0 atom stereocenters. The maximum absolute atomic E-state index is 15.8. The molecule has 6 aromatic carbocycles. The first-order chi connectivity index (χ1) is 23.9. The van der Waals surface area contributed by atoms with Crippen molar-refractivity contribution in [2.45, 2.75) is 52.4 Å². The molecule has 5 heteroatoms. The molecule has 0 radical (unpaired) electrons. The summed E-state index contributed by atoms with van der Waals surface area (Å²) >= 11 is 0. The van der Waals surface area contributed by atoms with Crippen LogP contribution in [-0.4, -0.2) is 9.13 Å². The van der Waals surface area contributed by atoms with Gasteiger partial charge in [-0.05, 0) is 76.6 Å². The fourth-order valence-electron chi connectivity index (χ4n) is 7.42. The molecule has 0 amide bonds. The van der Waals surface area contributed by atoms with Crippen LogP contribution >= 0.6 is 0 Å². The van der Waals surface area contributed by atoms with Crippen molar-refractivity contribution in [2.75, 3.05) is 0 Å². The average Bonchev–Trinajstić information content (AvgIpc) is 3.59. The summed E-state index contributed by atoms with van der Waals surface area (Å²) in [4.78, 5) is 4.23. The van der Waals surface area contributed by atoms with Crippen molar-refractivity contribution in [3.8, 4) is 22.5 Å². The van der Waals surface area contributed by atoms with Crippen LogP contribution in [0.5, 0.6) is 0 Å². The van der Waals surface area contributed by atoms with Crippen molar-refractivity contribution in [3.05, 3.63) is 149 Å². The predicted molar refractivity (Wildman–Crippen MR) is 204 cm³/mol. The molecule has 8 aromatic rings. The number of aromatic nitrogens is 2.